The van der Waals surface area contributed by atoms with Gasteiger partial charge in [0.2, 0.25) is 0 Å². The molecule has 0 unspecified atom stereocenters. The maximum atomic E-state index is 5.00. The topological polar surface area (TPSA) is 26.0 Å². The smallest absolute Gasteiger partial charge is 0.0139 e. The Morgan fingerprint density at radius 2 is 2.33 bits per heavy atom. The lowest BCUT2D eigenvalue weighted by Crippen LogP contribution is -1.65. The molecule has 0 bridgehead atoms. The lowest BCUT2D eigenvalue weighted by atomic mass is 10.6. The van der Waals surface area contributed by atoms with Gasteiger partial charge in [0.25, 0.3) is 0 Å². The zero-order valence-electron chi connectivity index (χ0n) is 3.42. The van der Waals surface area contributed by atoms with Crippen LogP contribution in [0.25, 0.3) is 0 Å². The number of hydrogen-bond acceptors (Lipinski definition) is 2. The van der Waals surface area contributed by atoms with Gasteiger partial charge >= 0.3 is 0 Å². The molecule has 0 saturated carbocycles. The highest BCUT2D eigenvalue weighted by Crippen LogP contribution is 1.85. The molecule has 0 aromatic rings. The van der Waals surface area contributed by atoms with E-state index in [0.29, 0.717) is 0 Å². The minimum Gasteiger partial charge on any atom is -0.274 e. The summed E-state index contributed by atoms with van der Waals surface area (Å²) in [4.78, 5) is 0. The van der Waals surface area contributed by atoms with Crippen molar-refractivity contribution in [1.82, 2.24) is 0 Å². The molecule has 0 saturated heterocycles. The summed E-state index contributed by atoms with van der Waals surface area (Å²) in [6.45, 7) is 3.44. The summed E-state index contributed by atoms with van der Waals surface area (Å²) < 4.78 is 0. The molecule has 34 valence electrons. The molecular formula is C4H7NS. The van der Waals surface area contributed by atoms with Gasteiger partial charge in [0.05, 0.1) is 0 Å². The number of nitrogens with two attached hydrogens (primary N) is 1. The average molecular weight is 101 g/mol. The minimum atomic E-state index is 1.17. The van der Waals surface area contributed by atoms with E-state index in [1.54, 1.807) is 17.6 Å². The van der Waals surface area contributed by atoms with Crippen LogP contribution >= 0.6 is 11.9 Å². The van der Waals surface area contributed by atoms with Gasteiger partial charge in [0.1, 0.15) is 0 Å². The molecule has 0 aromatic heterocycles. The summed E-state index contributed by atoms with van der Waals surface area (Å²) in [7, 11) is 0. The van der Waals surface area contributed by atoms with Crippen molar-refractivity contribution in [3.05, 3.63) is 24.1 Å². The quantitative estimate of drug-likeness (QED) is 0.419. The third-order valence-electron chi connectivity index (χ3n) is 0.293. The fourth-order valence-electron chi connectivity index (χ4n) is 0.101. The van der Waals surface area contributed by atoms with E-state index < -0.39 is 0 Å². The molecule has 0 spiro atoms. The Hall–Kier alpha value is -0.210. The largest absolute Gasteiger partial charge is 0.274 e. The number of rotatable bonds is 2. The normalized spacial score (nSPS) is 9.50. The van der Waals surface area contributed by atoms with Crippen LogP contribution < -0.4 is 5.14 Å². The summed E-state index contributed by atoms with van der Waals surface area (Å²) in [6.07, 6.45) is 3.46. The molecule has 2 heteroatoms. The molecule has 0 aliphatic heterocycles. The Bertz CT molecular complexity index is 58.6. The van der Waals surface area contributed by atoms with E-state index in [1.165, 1.54) is 11.9 Å². The Morgan fingerprint density at radius 1 is 1.67 bits per heavy atom. The highest BCUT2D eigenvalue weighted by Gasteiger charge is 1.54. The first kappa shape index (κ1) is 5.79. The van der Waals surface area contributed by atoms with E-state index in [0.717, 1.165) is 0 Å². The highest BCUT2D eigenvalue weighted by molar-refractivity contribution is 7.99. The predicted molar refractivity (Wildman–Crippen MR) is 31.1 cm³/mol. The first-order valence-corrected chi connectivity index (χ1v) is 2.49. The van der Waals surface area contributed by atoms with Crippen molar-refractivity contribution < 1.29 is 0 Å². The van der Waals surface area contributed by atoms with Crippen molar-refractivity contribution in [2.24, 2.45) is 5.14 Å². The fraction of sp³-hybridized carbons (Fsp3) is 0. The van der Waals surface area contributed by atoms with Crippen LogP contribution in [0.4, 0.5) is 0 Å². The van der Waals surface area contributed by atoms with Gasteiger partial charge in [-0.15, -0.1) is 0 Å². The van der Waals surface area contributed by atoms with E-state index in [-0.39, 0.29) is 0 Å². The van der Waals surface area contributed by atoms with Gasteiger partial charge < -0.3 is 0 Å². The average Bonchev–Trinajstić information content (AvgIpc) is 1.61. The Labute approximate surface area is 42.1 Å². The van der Waals surface area contributed by atoms with Crippen LogP contribution in [0.5, 0.6) is 0 Å². The molecule has 0 aliphatic carbocycles. The van der Waals surface area contributed by atoms with E-state index >= 15 is 0 Å². The molecule has 0 amide bonds. The van der Waals surface area contributed by atoms with Crippen LogP contribution in [0.1, 0.15) is 0 Å². The van der Waals surface area contributed by atoms with Crippen molar-refractivity contribution >= 4 is 11.9 Å². The maximum Gasteiger partial charge on any atom is -0.0139 e. The van der Waals surface area contributed by atoms with E-state index in [4.69, 9.17) is 5.14 Å². The van der Waals surface area contributed by atoms with Crippen LogP contribution in [-0.4, -0.2) is 0 Å². The van der Waals surface area contributed by atoms with Crippen molar-refractivity contribution in [1.29, 1.82) is 0 Å². The van der Waals surface area contributed by atoms with Gasteiger partial charge in [-0.05, 0) is 5.41 Å². The second-order valence-corrected chi connectivity index (χ2v) is 1.24. The summed E-state index contributed by atoms with van der Waals surface area (Å²) in [5.74, 6) is 0. The van der Waals surface area contributed by atoms with Crippen molar-refractivity contribution in [2.75, 3.05) is 0 Å². The molecule has 1 nitrogen and oxygen atoms in total. The lowest BCUT2D eigenvalue weighted by molar-refractivity contribution is 2.02. The van der Waals surface area contributed by atoms with Gasteiger partial charge in [-0.25, -0.2) is 0 Å². The van der Waals surface area contributed by atoms with E-state index in [1.807, 2.05) is 0 Å². The van der Waals surface area contributed by atoms with Crippen LogP contribution in [-0.2, 0) is 0 Å². The molecule has 0 aromatic carbocycles. The Morgan fingerprint density at radius 3 is 2.50 bits per heavy atom. The van der Waals surface area contributed by atoms with E-state index in [9.17, 15) is 0 Å². The molecule has 0 atom stereocenters. The van der Waals surface area contributed by atoms with Crippen LogP contribution in [0, 0.1) is 0 Å². The van der Waals surface area contributed by atoms with Crippen LogP contribution in [0.2, 0.25) is 0 Å². The van der Waals surface area contributed by atoms with Crippen LogP contribution in [0.3, 0.4) is 0 Å². The zero-order chi connectivity index (χ0) is 4.83. The van der Waals surface area contributed by atoms with Crippen molar-refractivity contribution in [3.63, 3.8) is 0 Å². The molecule has 0 fully saturated rings. The second kappa shape index (κ2) is 4.79. The summed E-state index contributed by atoms with van der Waals surface area (Å²) >= 11 is 1.17. The molecule has 2 N–H and O–H groups in total. The predicted octanol–water partition coefficient (Wildman–Crippen LogP) is 1.29. The molecule has 0 aliphatic rings. The minimum absolute atomic E-state index is 1.17. The summed E-state index contributed by atoms with van der Waals surface area (Å²) in [6, 6.07) is 0. The van der Waals surface area contributed by atoms with Gasteiger partial charge in [-0.3, -0.25) is 5.14 Å². The van der Waals surface area contributed by atoms with Gasteiger partial charge in [0.15, 0.2) is 0 Å². The van der Waals surface area contributed by atoms with Gasteiger partial charge in [0, 0.05) is 0 Å². The first-order valence-electron chi connectivity index (χ1n) is 1.55. The van der Waals surface area contributed by atoms with Crippen LogP contribution in [0.15, 0.2) is 24.1 Å². The fourth-order valence-corrected chi connectivity index (χ4v) is 0.303. The second-order valence-electron chi connectivity index (χ2n) is 0.700. The van der Waals surface area contributed by atoms with Crippen molar-refractivity contribution in [3.8, 4) is 0 Å². The lowest BCUT2D eigenvalue weighted by Gasteiger charge is -1.68. The summed E-state index contributed by atoms with van der Waals surface area (Å²) in [5, 5.41) is 6.75. The zero-order valence-corrected chi connectivity index (χ0v) is 4.24. The highest BCUT2D eigenvalue weighted by atomic mass is 32.2. The number of hydrogen-bond donors (Lipinski definition) is 1. The molecule has 0 heterocycles. The summed E-state index contributed by atoms with van der Waals surface area (Å²) in [5.41, 5.74) is 0. The Kier molecular flexibility index (Phi) is 4.62. The monoisotopic (exact) mass is 101 g/mol. The molecule has 0 radical (unpaired) electrons. The molecule has 0 rings (SSSR count). The van der Waals surface area contributed by atoms with E-state index in [2.05, 4.69) is 6.58 Å². The number of allylic oxidation sites excluding steroid dienone is 2. The molecular weight excluding hydrogens is 94.1 g/mol. The molecule has 6 heavy (non-hydrogen) atoms. The standard InChI is InChI=1S/C4H7NS/c1-2-3-4-6-5/h2-4H,1,5H2. The maximum absolute atomic E-state index is 5.00. The van der Waals surface area contributed by atoms with Gasteiger partial charge in [-0.2, -0.15) is 0 Å². The van der Waals surface area contributed by atoms with Crippen molar-refractivity contribution in [2.45, 2.75) is 0 Å². The Balaban J connectivity index is 2.94. The van der Waals surface area contributed by atoms with Gasteiger partial charge in [-0.1, -0.05) is 30.7 Å². The SMILES string of the molecule is C=CC=CSN. The third kappa shape index (κ3) is 3.79. The first-order chi connectivity index (χ1) is 2.91. The third-order valence-corrected chi connectivity index (χ3v) is 0.607.